The van der Waals surface area contributed by atoms with Crippen LogP contribution in [0.4, 0.5) is 0 Å². The van der Waals surface area contributed by atoms with Gasteiger partial charge in [-0.1, -0.05) is 188 Å². The van der Waals surface area contributed by atoms with Gasteiger partial charge in [-0.3, -0.25) is 0 Å². The molecule has 0 saturated heterocycles. The van der Waals surface area contributed by atoms with Crippen LogP contribution in [0.15, 0.2) is 200 Å². The van der Waals surface area contributed by atoms with Crippen molar-refractivity contribution in [2.75, 3.05) is 0 Å². The highest BCUT2D eigenvalue weighted by Crippen LogP contribution is 2.58. The molecule has 2 aromatic heterocycles. The topological polar surface area (TPSA) is 25.8 Å². The predicted octanol–water partition coefficient (Wildman–Crippen LogP) is 15.0. The first-order chi connectivity index (χ1) is 29.7. The molecular weight excluding hydrogens is 725 g/mol. The molecule has 12 rings (SSSR count). The van der Waals surface area contributed by atoms with Gasteiger partial charge in [0.25, 0.3) is 0 Å². The zero-order chi connectivity index (χ0) is 39.8. The number of pyridine rings is 2. The van der Waals surface area contributed by atoms with E-state index in [4.69, 9.17) is 9.97 Å². The Bertz CT molecular complexity index is 3360. The van der Waals surface area contributed by atoms with E-state index < -0.39 is 5.41 Å². The molecule has 0 N–H and O–H groups in total. The number of allylic oxidation sites excluding steroid dienone is 8. The van der Waals surface area contributed by atoms with Crippen LogP contribution < -0.4 is 0 Å². The number of benzene rings is 7. The van der Waals surface area contributed by atoms with E-state index in [1.165, 1.54) is 71.8 Å². The number of fused-ring (bicyclic) bond motifs is 8. The van der Waals surface area contributed by atoms with Gasteiger partial charge in [0, 0.05) is 27.3 Å². The van der Waals surface area contributed by atoms with Crippen LogP contribution in [0, 0.1) is 5.92 Å². The molecule has 3 aliphatic carbocycles. The minimum atomic E-state index is -0.390. The number of para-hydroxylation sites is 1. The maximum Gasteiger partial charge on any atom is 0.0978 e. The largest absolute Gasteiger partial charge is 0.245 e. The fraction of sp³-hybridized carbons (Fsp3) is 0.103. The number of hydrogen-bond donors (Lipinski definition) is 0. The van der Waals surface area contributed by atoms with E-state index in [2.05, 4.69) is 201 Å². The number of hydrogen-bond acceptors (Lipinski definition) is 2. The fourth-order valence-electron chi connectivity index (χ4n) is 10.7. The van der Waals surface area contributed by atoms with Crippen LogP contribution in [0.5, 0.6) is 0 Å². The first-order valence-electron chi connectivity index (χ1n) is 21.4. The van der Waals surface area contributed by atoms with Crippen LogP contribution in [0.1, 0.15) is 48.4 Å². The number of aromatic nitrogens is 2. The molecule has 0 radical (unpaired) electrons. The molecule has 3 aliphatic rings. The van der Waals surface area contributed by atoms with Crippen molar-refractivity contribution in [1.29, 1.82) is 0 Å². The highest BCUT2D eigenvalue weighted by atomic mass is 14.8. The van der Waals surface area contributed by atoms with Crippen LogP contribution >= 0.6 is 0 Å². The molecule has 2 unspecified atom stereocenters. The van der Waals surface area contributed by atoms with Crippen molar-refractivity contribution in [3.63, 3.8) is 0 Å². The summed E-state index contributed by atoms with van der Waals surface area (Å²) in [7, 11) is 0. The lowest BCUT2D eigenvalue weighted by atomic mass is 9.64. The van der Waals surface area contributed by atoms with E-state index in [0.717, 1.165) is 57.8 Å². The van der Waals surface area contributed by atoms with E-state index in [9.17, 15) is 0 Å². The minimum Gasteiger partial charge on any atom is -0.245 e. The SMILES string of the molecule is CC1C=CC=C(C2(c3ccccc3)c3ccccc3-c3ccc(-c4ccc(-c5ccc6ccc7c(C8=CCCC=C8)c8ccccc8nc7c6n5)c5ccccc45)cc32)C1. The first-order valence-corrected chi connectivity index (χ1v) is 21.4. The average molecular weight is 767 g/mol. The zero-order valence-electron chi connectivity index (χ0n) is 33.6. The highest BCUT2D eigenvalue weighted by molar-refractivity contribution is 6.15. The average Bonchev–Trinajstić information content (AvgIpc) is 3.61. The second kappa shape index (κ2) is 13.7. The summed E-state index contributed by atoms with van der Waals surface area (Å²) < 4.78 is 0. The predicted molar refractivity (Wildman–Crippen MR) is 252 cm³/mol. The molecule has 2 heteroatoms. The summed E-state index contributed by atoms with van der Waals surface area (Å²) in [5, 5.41) is 5.81. The monoisotopic (exact) mass is 766 g/mol. The van der Waals surface area contributed by atoms with E-state index in [0.29, 0.717) is 5.92 Å². The fourth-order valence-corrected chi connectivity index (χ4v) is 10.7. The molecule has 0 fully saturated rings. The Morgan fingerprint density at radius 1 is 0.567 bits per heavy atom. The van der Waals surface area contributed by atoms with Gasteiger partial charge in [-0.25, -0.2) is 9.97 Å². The summed E-state index contributed by atoms with van der Waals surface area (Å²) in [6.07, 6.45) is 17.1. The normalized spacial score (nSPS) is 18.2. The molecule has 0 spiro atoms. The lowest BCUT2D eigenvalue weighted by molar-refractivity contribution is 0.615. The van der Waals surface area contributed by atoms with Crippen LogP contribution in [0.2, 0.25) is 0 Å². The third-order valence-corrected chi connectivity index (χ3v) is 13.3. The maximum atomic E-state index is 5.49. The third kappa shape index (κ3) is 5.20. The minimum absolute atomic E-state index is 0.390. The molecule has 2 nitrogen and oxygen atoms in total. The molecule has 2 atom stereocenters. The highest BCUT2D eigenvalue weighted by Gasteiger charge is 2.47. The van der Waals surface area contributed by atoms with Gasteiger partial charge < -0.3 is 0 Å². The van der Waals surface area contributed by atoms with Crippen molar-refractivity contribution in [2.45, 2.75) is 31.6 Å². The van der Waals surface area contributed by atoms with E-state index in [1.807, 2.05) is 0 Å². The molecule has 9 aromatic rings. The first kappa shape index (κ1) is 34.8. The molecule has 0 amide bonds. The Labute approximate surface area is 350 Å². The molecule has 0 bridgehead atoms. The van der Waals surface area contributed by atoms with Gasteiger partial charge in [-0.15, -0.1) is 0 Å². The summed E-state index contributed by atoms with van der Waals surface area (Å²) in [5.41, 5.74) is 17.6. The van der Waals surface area contributed by atoms with Crippen molar-refractivity contribution in [3.05, 3.63) is 222 Å². The molecule has 0 aliphatic heterocycles. The summed E-state index contributed by atoms with van der Waals surface area (Å²) in [6.45, 7) is 2.34. The molecule has 7 aromatic carbocycles. The van der Waals surface area contributed by atoms with Crippen LogP contribution in [0.3, 0.4) is 0 Å². The van der Waals surface area contributed by atoms with Crippen molar-refractivity contribution < 1.29 is 0 Å². The van der Waals surface area contributed by atoms with Gasteiger partial charge in [0.15, 0.2) is 0 Å². The Morgan fingerprint density at radius 3 is 2.15 bits per heavy atom. The van der Waals surface area contributed by atoms with Gasteiger partial charge in [0.2, 0.25) is 0 Å². The number of rotatable bonds is 5. The lowest BCUT2D eigenvalue weighted by Gasteiger charge is -2.38. The maximum absolute atomic E-state index is 5.49. The van der Waals surface area contributed by atoms with E-state index >= 15 is 0 Å². The van der Waals surface area contributed by atoms with Gasteiger partial charge in [-0.2, -0.15) is 0 Å². The van der Waals surface area contributed by atoms with Crippen LogP contribution in [-0.2, 0) is 5.41 Å². The Kier molecular flexibility index (Phi) is 7.96. The molecule has 284 valence electrons. The van der Waals surface area contributed by atoms with Crippen molar-refractivity contribution >= 4 is 49.1 Å². The third-order valence-electron chi connectivity index (χ3n) is 13.3. The summed E-state index contributed by atoms with van der Waals surface area (Å²) in [4.78, 5) is 10.8. The molecule has 0 saturated carbocycles. The van der Waals surface area contributed by atoms with Crippen molar-refractivity contribution in [1.82, 2.24) is 9.97 Å². The Hall–Kier alpha value is -7.16. The quantitative estimate of drug-likeness (QED) is 0.129. The van der Waals surface area contributed by atoms with Crippen molar-refractivity contribution in [3.8, 4) is 33.5 Å². The van der Waals surface area contributed by atoms with Gasteiger partial charge in [0.05, 0.1) is 27.7 Å². The second-order valence-electron chi connectivity index (χ2n) is 16.8. The molecule has 60 heavy (non-hydrogen) atoms. The number of nitrogens with zero attached hydrogens (tertiary/aromatic N) is 2. The van der Waals surface area contributed by atoms with Crippen LogP contribution in [0.25, 0.3) is 82.6 Å². The smallest absolute Gasteiger partial charge is 0.0978 e. The summed E-state index contributed by atoms with van der Waals surface area (Å²) >= 11 is 0. The molecular formula is C58H42N2. The van der Waals surface area contributed by atoms with Crippen LogP contribution in [-0.4, -0.2) is 9.97 Å². The zero-order valence-corrected chi connectivity index (χ0v) is 33.6. The van der Waals surface area contributed by atoms with Gasteiger partial charge in [0.1, 0.15) is 0 Å². The Balaban J connectivity index is 1.05. The van der Waals surface area contributed by atoms with Gasteiger partial charge in [-0.05, 0) is 98.7 Å². The standard InChI is InChI=1S/C58H42N2/c1-37-15-14-20-42(35-37)58(41-18-6-3-7-19-41)51-25-12-10-23-46(51)47-30-28-40(36-52(47)58)43-32-33-48(45-22-9-8-21-44(43)45)54-34-29-39-27-31-50-55(38-16-4-2-5-17-38)49-24-11-13-26-53(49)60-57(50)56(39)59-54/h3-4,6-34,36-37H,2,5,35H2,1H3. The summed E-state index contributed by atoms with van der Waals surface area (Å²) in [5.74, 6) is 0.465. The van der Waals surface area contributed by atoms with E-state index in [1.54, 1.807) is 0 Å². The summed E-state index contributed by atoms with van der Waals surface area (Å²) in [6, 6.07) is 58.3. The second-order valence-corrected chi connectivity index (χ2v) is 16.8. The van der Waals surface area contributed by atoms with E-state index in [-0.39, 0.29) is 0 Å². The van der Waals surface area contributed by atoms with Gasteiger partial charge >= 0.3 is 0 Å². The van der Waals surface area contributed by atoms with Crippen molar-refractivity contribution in [2.24, 2.45) is 5.92 Å². The Morgan fingerprint density at radius 2 is 1.30 bits per heavy atom. The lowest BCUT2D eigenvalue weighted by Crippen LogP contribution is -2.31. The molecule has 2 heterocycles.